The molecule has 1 aliphatic carbocycles. The largest absolute Gasteiger partial charge is 0.394 e. The van der Waals surface area contributed by atoms with Crippen molar-refractivity contribution in [3.63, 3.8) is 0 Å². The van der Waals surface area contributed by atoms with Crippen molar-refractivity contribution in [1.82, 2.24) is 0 Å². The number of Topliss-reactive ketones (excluding diaryl/α,β-unsaturated/α-hetero) is 1. The van der Waals surface area contributed by atoms with Crippen molar-refractivity contribution in [3.8, 4) is 11.8 Å². The zero-order valence-electron chi connectivity index (χ0n) is 17.2. The van der Waals surface area contributed by atoms with E-state index in [-0.39, 0.29) is 12.5 Å². The van der Waals surface area contributed by atoms with Crippen LogP contribution in [0, 0.1) is 17.8 Å². The number of benzene rings is 1. The second-order valence-electron chi connectivity index (χ2n) is 7.83. The normalized spacial score (nSPS) is 31.8. The van der Waals surface area contributed by atoms with Crippen LogP contribution in [-0.2, 0) is 25.6 Å². The molecular weight excluding hydrogens is 388 g/mol. The fourth-order valence-corrected chi connectivity index (χ4v) is 3.92. The van der Waals surface area contributed by atoms with Crippen LogP contribution < -0.4 is 0 Å². The molecule has 30 heavy (non-hydrogen) atoms. The van der Waals surface area contributed by atoms with Crippen LogP contribution in [0.4, 0.5) is 0 Å². The van der Waals surface area contributed by atoms with Crippen molar-refractivity contribution < 1.29 is 34.3 Å². The molecule has 1 aromatic rings. The highest BCUT2D eigenvalue weighted by atomic mass is 16.7. The van der Waals surface area contributed by atoms with Crippen molar-refractivity contribution in [1.29, 1.82) is 0 Å². The minimum atomic E-state index is -1.19. The lowest BCUT2D eigenvalue weighted by atomic mass is 9.86. The van der Waals surface area contributed by atoms with Crippen LogP contribution >= 0.6 is 0 Å². The quantitative estimate of drug-likeness (QED) is 0.596. The molecule has 3 N–H and O–H groups in total. The first-order chi connectivity index (χ1) is 14.5. The first kappa shape index (κ1) is 22.9. The summed E-state index contributed by atoms with van der Waals surface area (Å²) in [4.78, 5) is 11.9. The fourth-order valence-electron chi connectivity index (χ4n) is 3.92. The highest BCUT2D eigenvalue weighted by Crippen LogP contribution is 2.25. The zero-order valence-corrected chi connectivity index (χ0v) is 17.2. The lowest BCUT2D eigenvalue weighted by Gasteiger charge is -2.41. The van der Waals surface area contributed by atoms with Crippen LogP contribution in [0.5, 0.6) is 0 Å². The van der Waals surface area contributed by atoms with Gasteiger partial charge < -0.3 is 29.5 Å². The molecule has 0 radical (unpaired) electrons. The Morgan fingerprint density at radius 1 is 1.23 bits per heavy atom. The number of hydrogen-bond donors (Lipinski definition) is 3. The molecule has 7 heteroatoms. The third-order valence-corrected chi connectivity index (χ3v) is 5.69. The minimum absolute atomic E-state index is 0.0578. The molecule has 1 heterocycles. The summed E-state index contributed by atoms with van der Waals surface area (Å²) in [7, 11) is 1.38. The highest BCUT2D eigenvalue weighted by molar-refractivity contribution is 5.81. The molecule has 2 aliphatic rings. The number of carbonyl (C=O) groups excluding carboxylic acids is 1. The molecule has 0 bridgehead atoms. The summed E-state index contributed by atoms with van der Waals surface area (Å²) in [5.41, 5.74) is 1.64. The van der Waals surface area contributed by atoms with Gasteiger partial charge in [-0.2, -0.15) is 0 Å². The molecule has 1 aliphatic heterocycles. The zero-order chi connectivity index (χ0) is 21.5. The maximum atomic E-state index is 11.9. The van der Waals surface area contributed by atoms with Gasteiger partial charge in [-0.05, 0) is 30.5 Å². The molecule has 2 fully saturated rings. The predicted octanol–water partition coefficient (Wildman–Crippen LogP) is 1.16. The van der Waals surface area contributed by atoms with Crippen LogP contribution in [0.3, 0.4) is 0 Å². The van der Waals surface area contributed by atoms with E-state index in [0.717, 1.165) is 30.4 Å². The Bertz CT molecular complexity index is 752. The van der Waals surface area contributed by atoms with E-state index in [4.69, 9.17) is 14.2 Å². The van der Waals surface area contributed by atoms with Gasteiger partial charge in [0.05, 0.1) is 13.2 Å². The third kappa shape index (κ3) is 5.67. The molecule has 0 spiro atoms. The van der Waals surface area contributed by atoms with Gasteiger partial charge >= 0.3 is 0 Å². The van der Waals surface area contributed by atoms with Gasteiger partial charge in [-0.25, -0.2) is 0 Å². The highest BCUT2D eigenvalue weighted by Gasteiger charge is 2.45. The number of aliphatic hydroxyl groups is 3. The average Bonchev–Trinajstić information content (AvgIpc) is 2.75. The molecule has 6 atom stereocenters. The smallest absolute Gasteiger partial charge is 0.186 e. The topological polar surface area (TPSA) is 105 Å². The molecule has 1 aromatic carbocycles. The van der Waals surface area contributed by atoms with E-state index in [1.54, 1.807) is 0 Å². The third-order valence-electron chi connectivity index (χ3n) is 5.69. The van der Waals surface area contributed by atoms with Gasteiger partial charge in [0.15, 0.2) is 6.29 Å². The van der Waals surface area contributed by atoms with Crippen LogP contribution in [-0.4, -0.2) is 65.5 Å². The second kappa shape index (κ2) is 11.0. The van der Waals surface area contributed by atoms with Gasteiger partial charge in [0.1, 0.15) is 30.2 Å². The molecule has 7 nitrogen and oxygen atoms in total. The molecule has 0 aromatic heterocycles. The lowest BCUT2D eigenvalue weighted by Crippen LogP contribution is -2.59. The van der Waals surface area contributed by atoms with Crippen molar-refractivity contribution in [2.75, 3.05) is 13.7 Å². The van der Waals surface area contributed by atoms with Crippen LogP contribution in [0.25, 0.3) is 0 Å². The van der Waals surface area contributed by atoms with Crippen LogP contribution in [0.1, 0.15) is 43.2 Å². The van der Waals surface area contributed by atoms with Gasteiger partial charge in [-0.15, -0.1) is 0 Å². The van der Waals surface area contributed by atoms with E-state index in [1.165, 1.54) is 7.11 Å². The van der Waals surface area contributed by atoms with Crippen molar-refractivity contribution in [2.24, 2.45) is 5.92 Å². The first-order valence-electron chi connectivity index (χ1n) is 10.4. The predicted molar refractivity (Wildman–Crippen MR) is 108 cm³/mol. The van der Waals surface area contributed by atoms with E-state index in [0.29, 0.717) is 18.6 Å². The lowest BCUT2D eigenvalue weighted by molar-refractivity contribution is -0.303. The van der Waals surface area contributed by atoms with E-state index in [1.807, 2.05) is 24.3 Å². The number of rotatable bonds is 6. The fraction of sp³-hybridized carbons (Fsp3) is 0.609. The maximum absolute atomic E-state index is 11.9. The maximum Gasteiger partial charge on any atom is 0.186 e. The molecule has 1 unspecified atom stereocenters. The number of ether oxygens (including phenoxy) is 3. The number of carbonyl (C=O) groups is 1. The van der Waals surface area contributed by atoms with Gasteiger partial charge in [-0.3, -0.25) is 4.79 Å². The van der Waals surface area contributed by atoms with Crippen LogP contribution in [0.15, 0.2) is 24.3 Å². The number of aliphatic hydroxyl groups excluding tert-OH is 3. The summed E-state index contributed by atoms with van der Waals surface area (Å²) in [5, 5.41) is 30.1. The molecule has 0 amide bonds. The summed E-state index contributed by atoms with van der Waals surface area (Å²) in [6, 6.07) is 7.50. The van der Waals surface area contributed by atoms with Crippen molar-refractivity contribution >= 4 is 5.78 Å². The van der Waals surface area contributed by atoms with Crippen LogP contribution in [0.2, 0.25) is 0 Å². The van der Waals surface area contributed by atoms with Gasteiger partial charge in [0.2, 0.25) is 0 Å². The molecular formula is C23H30O7. The number of methoxy groups -OCH3 is 1. The Kier molecular flexibility index (Phi) is 8.40. The minimum Gasteiger partial charge on any atom is -0.394 e. The monoisotopic (exact) mass is 418 g/mol. The van der Waals surface area contributed by atoms with E-state index in [9.17, 15) is 20.1 Å². The van der Waals surface area contributed by atoms with E-state index >= 15 is 0 Å². The summed E-state index contributed by atoms with van der Waals surface area (Å²) in [5.74, 6) is 6.61. The number of ketones is 1. The summed E-state index contributed by atoms with van der Waals surface area (Å²) >= 11 is 0. The number of hydrogen-bond acceptors (Lipinski definition) is 7. The second-order valence-corrected chi connectivity index (χ2v) is 7.83. The Balaban J connectivity index is 1.59. The Labute approximate surface area is 177 Å². The van der Waals surface area contributed by atoms with Gasteiger partial charge in [-0.1, -0.05) is 30.4 Å². The Morgan fingerprint density at radius 2 is 2.07 bits per heavy atom. The molecule has 164 valence electrons. The van der Waals surface area contributed by atoms with E-state index in [2.05, 4.69) is 11.8 Å². The first-order valence-corrected chi connectivity index (χ1v) is 10.4. The van der Waals surface area contributed by atoms with E-state index < -0.39 is 37.3 Å². The molecule has 3 rings (SSSR count). The average molecular weight is 418 g/mol. The summed E-state index contributed by atoms with van der Waals surface area (Å²) in [6.07, 6.45) is -0.969. The molecule has 1 saturated carbocycles. The standard InChI is InChI=1S/C23H30O7/c1-28-23-21(27)22(20(26)19(13-24)30-23)29-14-16-8-4-6-15(12-16)7-5-10-17-9-2-3-11-18(17)25/h4,6,8,12,17,19-24,26-27H,2-3,9-11,13-14H2,1H3/t17?,19-,20+,21-,22+,23-/m1/s1. The summed E-state index contributed by atoms with van der Waals surface area (Å²) in [6.45, 7) is -0.272. The van der Waals surface area contributed by atoms with Gasteiger partial charge in [0, 0.05) is 31.4 Å². The SMILES string of the molecule is CO[C@@H]1O[C@H](CO)[C@H](O)[C@H](OCc2cccc(C#CCC3CCCCC3=O)c2)[C@H]1O. The van der Waals surface area contributed by atoms with Crippen molar-refractivity contribution in [3.05, 3.63) is 35.4 Å². The van der Waals surface area contributed by atoms with Crippen molar-refractivity contribution in [2.45, 2.75) is 69.4 Å². The summed E-state index contributed by atoms with van der Waals surface area (Å²) < 4.78 is 16.2. The molecule has 1 saturated heterocycles. The Morgan fingerprint density at radius 3 is 2.80 bits per heavy atom. The van der Waals surface area contributed by atoms with Gasteiger partial charge in [0.25, 0.3) is 0 Å². The Hall–Kier alpha value is -1.79.